The van der Waals surface area contributed by atoms with Gasteiger partial charge in [-0.05, 0) is 46.5 Å². The lowest BCUT2D eigenvalue weighted by atomic mass is 10.0. The van der Waals surface area contributed by atoms with Gasteiger partial charge in [0.25, 0.3) is 5.91 Å². The van der Waals surface area contributed by atoms with Crippen LogP contribution in [0, 0.1) is 5.92 Å². The fourth-order valence-electron chi connectivity index (χ4n) is 1.57. The predicted molar refractivity (Wildman–Crippen MR) is 77.5 cm³/mol. The second-order valence-electron chi connectivity index (χ2n) is 4.62. The van der Waals surface area contributed by atoms with Crippen LogP contribution in [0.15, 0.2) is 22.7 Å². The lowest BCUT2D eigenvalue weighted by Gasteiger charge is -2.16. The molecule has 0 heterocycles. The zero-order valence-electron chi connectivity index (χ0n) is 10.6. The molecule has 0 fully saturated rings. The Morgan fingerprint density at radius 3 is 2.53 bits per heavy atom. The van der Waals surface area contributed by atoms with Gasteiger partial charge in [0.15, 0.2) is 0 Å². The highest BCUT2D eigenvalue weighted by molar-refractivity contribution is 9.10. The Balaban J connectivity index is 2.81. The van der Waals surface area contributed by atoms with E-state index in [0.29, 0.717) is 21.5 Å². The minimum Gasteiger partial charge on any atom is -0.480 e. The number of aliphatic carboxylic acids is 1. The molecule has 1 atom stereocenters. The summed E-state index contributed by atoms with van der Waals surface area (Å²) in [6.45, 7) is 3.81. The quantitative estimate of drug-likeness (QED) is 0.857. The van der Waals surface area contributed by atoms with E-state index in [2.05, 4.69) is 21.2 Å². The Morgan fingerprint density at radius 2 is 2.05 bits per heavy atom. The van der Waals surface area contributed by atoms with E-state index in [4.69, 9.17) is 16.7 Å². The van der Waals surface area contributed by atoms with Crippen molar-refractivity contribution in [3.05, 3.63) is 33.3 Å². The number of rotatable bonds is 5. The van der Waals surface area contributed by atoms with Gasteiger partial charge in [0.1, 0.15) is 6.04 Å². The fraction of sp³-hybridized carbons (Fsp3) is 0.385. The van der Waals surface area contributed by atoms with E-state index >= 15 is 0 Å². The van der Waals surface area contributed by atoms with E-state index in [1.165, 1.54) is 0 Å². The number of carbonyl (C=O) groups is 2. The van der Waals surface area contributed by atoms with Gasteiger partial charge < -0.3 is 10.4 Å². The summed E-state index contributed by atoms with van der Waals surface area (Å²) in [7, 11) is 0. The lowest BCUT2D eigenvalue weighted by Crippen LogP contribution is -2.41. The molecular formula is C13H15BrClNO3. The summed E-state index contributed by atoms with van der Waals surface area (Å²) in [6, 6.07) is 3.81. The number of carboxylic acid groups (broad SMARTS) is 1. The van der Waals surface area contributed by atoms with Gasteiger partial charge in [-0.1, -0.05) is 25.4 Å². The van der Waals surface area contributed by atoms with Gasteiger partial charge in [-0.3, -0.25) is 4.79 Å². The Labute approximate surface area is 125 Å². The molecule has 2 N–H and O–H groups in total. The maximum absolute atomic E-state index is 12.0. The molecule has 19 heavy (non-hydrogen) atoms. The highest BCUT2D eigenvalue weighted by atomic mass is 79.9. The number of carbonyl (C=O) groups excluding carboxylic acids is 1. The first kappa shape index (κ1) is 16.0. The number of carboxylic acids is 1. The summed E-state index contributed by atoms with van der Waals surface area (Å²) in [4.78, 5) is 23.0. The summed E-state index contributed by atoms with van der Waals surface area (Å²) in [5, 5.41) is 12.1. The van der Waals surface area contributed by atoms with E-state index in [1.54, 1.807) is 18.2 Å². The third-order valence-electron chi connectivity index (χ3n) is 2.49. The third-order valence-corrected chi connectivity index (χ3v) is 3.71. The average molecular weight is 349 g/mol. The van der Waals surface area contributed by atoms with Crippen molar-refractivity contribution in [3.8, 4) is 0 Å². The molecule has 0 saturated carbocycles. The van der Waals surface area contributed by atoms with Crippen LogP contribution in [0.25, 0.3) is 0 Å². The van der Waals surface area contributed by atoms with Gasteiger partial charge in [-0.2, -0.15) is 0 Å². The molecule has 0 aliphatic rings. The molecule has 0 unspecified atom stereocenters. The topological polar surface area (TPSA) is 66.4 Å². The van der Waals surface area contributed by atoms with E-state index < -0.39 is 17.9 Å². The van der Waals surface area contributed by atoms with Gasteiger partial charge in [-0.15, -0.1) is 0 Å². The van der Waals surface area contributed by atoms with Crippen LogP contribution in [-0.4, -0.2) is 23.0 Å². The molecule has 1 rings (SSSR count). The average Bonchev–Trinajstić information content (AvgIpc) is 2.31. The first-order valence-electron chi connectivity index (χ1n) is 5.80. The van der Waals surface area contributed by atoms with Gasteiger partial charge in [0.2, 0.25) is 0 Å². The van der Waals surface area contributed by atoms with Crippen LogP contribution in [0.1, 0.15) is 30.6 Å². The van der Waals surface area contributed by atoms with Crippen molar-refractivity contribution in [2.75, 3.05) is 0 Å². The smallest absolute Gasteiger partial charge is 0.326 e. The molecule has 104 valence electrons. The maximum atomic E-state index is 12.0. The summed E-state index contributed by atoms with van der Waals surface area (Å²) in [5.41, 5.74) is 0.367. The summed E-state index contributed by atoms with van der Waals surface area (Å²) < 4.78 is 0.595. The Morgan fingerprint density at radius 1 is 1.42 bits per heavy atom. The highest BCUT2D eigenvalue weighted by Gasteiger charge is 2.21. The SMILES string of the molecule is CC(C)C[C@@H](NC(=O)c1ccc(Cl)c(Br)c1)C(=O)O. The van der Waals surface area contributed by atoms with Crippen molar-refractivity contribution in [3.63, 3.8) is 0 Å². The maximum Gasteiger partial charge on any atom is 0.326 e. The van der Waals surface area contributed by atoms with E-state index in [0.717, 1.165) is 0 Å². The lowest BCUT2D eigenvalue weighted by molar-refractivity contribution is -0.139. The summed E-state index contributed by atoms with van der Waals surface area (Å²) in [6.07, 6.45) is 0.385. The molecule has 1 aromatic rings. The number of hydrogen-bond donors (Lipinski definition) is 2. The standard InChI is InChI=1S/C13H15BrClNO3/c1-7(2)5-11(13(18)19)16-12(17)8-3-4-10(15)9(14)6-8/h3-4,6-7,11H,5H2,1-2H3,(H,16,17)(H,18,19)/t11-/m1/s1. The molecule has 6 heteroatoms. The molecule has 1 aromatic carbocycles. The molecule has 0 saturated heterocycles. The van der Waals surface area contributed by atoms with Crippen LogP contribution in [0.3, 0.4) is 0 Å². The molecule has 0 aromatic heterocycles. The van der Waals surface area contributed by atoms with E-state index in [-0.39, 0.29) is 5.92 Å². The van der Waals surface area contributed by atoms with Crippen molar-refractivity contribution in [1.82, 2.24) is 5.32 Å². The van der Waals surface area contributed by atoms with Crippen molar-refractivity contribution in [1.29, 1.82) is 0 Å². The molecule has 4 nitrogen and oxygen atoms in total. The monoisotopic (exact) mass is 347 g/mol. The van der Waals surface area contributed by atoms with Crippen LogP contribution >= 0.6 is 27.5 Å². The number of benzene rings is 1. The summed E-state index contributed by atoms with van der Waals surface area (Å²) in [5.74, 6) is -1.28. The minimum absolute atomic E-state index is 0.179. The van der Waals surface area contributed by atoms with Crippen molar-refractivity contribution in [2.24, 2.45) is 5.92 Å². The predicted octanol–water partition coefficient (Wildman–Crippen LogP) is 3.33. The van der Waals surface area contributed by atoms with Crippen molar-refractivity contribution < 1.29 is 14.7 Å². The van der Waals surface area contributed by atoms with E-state index in [9.17, 15) is 9.59 Å². The Bertz CT molecular complexity index is 491. The molecular weight excluding hydrogens is 334 g/mol. The normalized spacial score (nSPS) is 12.3. The largest absolute Gasteiger partial charge is 0.480 e. The Kier molecular flexibility index (Phi) is 5.82. The van der Waals surface area contributed by atoms with Gasteiger partial charge in [0, 0.05) is 10.0 Å². The molecule has 1 amide bonds. The second-order valence-corrected chi connectivity index (χ2v) is 5.88. The van der Waals surface area contributed by atoms with Crippen molar-refractivity contribution in [2.45, 2.75) is 26.3 Å². The Hall–Kier alpha value is -1.07. The van der Waals surface area contributed by atoms with E-state index in [1.807, 2.05) is 13.8 Å². The molecule has 0 bridgehead atoms. The first-order valence-corrected chi connectivity index (χ1v) is 6.97. The first-order chi connectivity index (χ1) is 8.81. The minimum atomic E-state index is -1.03. The van der Waals surface area contributed by atoms with Gasteiger partial charge in [-0.25, -0.2) is 4.79 Å². The zero-order chi connectivity index (χ0) is 14.6. The van der Waals surface area contributed by atoms with Crippen LogP contribution in [0.4, 0.5) is 0 Å². The third kappa shape index (κ3) is 4.84. The number of nitrogens with one attached hydrogen (secondary N) is 1. The number of halogens is 2. The van der Waals surface area contributed by atoms with Gasteiger partial charge >= 0.3 is 5.97 Å². The zero-order valence-corrected chi connectivity index (χ0v) is 13.0. The van der Waals surface area contributed by atoms with Crippen LogP contribution < -0.4 is 5.32 Å². The summed E-state index contributed by atoms with van der Waals surface area (Å²) >= 11 is 9.06. The number of amides is 1. The van der Waals surface area contributed by atoms with Gasteiger partial charge in [0.05, 0.1) is 5.02 Å². The molecule has 0 aliphatic carbocycles. The van der Waals surface area contributed by atoms with Crippen molar-refractivity contribution >= 4 is 39.4 Å². The van der Waals surface area contributed by atoms with Crippen LogP contribution in [-0.2, 0) is 4.79 Å². The molecule has 0 aliphatic heterocycles. The molecule has 0 radical (unpaired) electrons. The highest BCUT2D eigenvalue weighted by Crippen LogP contribution is 2.23. The molecule has 0 spiro atoms. The van der Waals surface area contributed by atoms with Crippen LogP contribution in [0.5, 0.6) is 0 Å². The fourth-order valence-corrected chi connectivity index (χ4v) is 2.07. The van der Waals surface area contributed by atoms with Crippen LogP contribution in [0.2, 0.25) is 5.02 Å². The second kappa shape index (κ2) is 6.91. The number of hydrogen-bond acceptors (Lipinski definition) is 2.